The van der Waals surface area contributed by atoms with Crippen LogP contribution in [0.2, 0.25) is 0 Å². The number of nitrogens with zero attached hydrogens (tertiary/aromatic N) is 1. The average Bonchev–Trinajstić information content (AvgIpc) is 2.68. The van der Waals surface area contributed by atoms with Crippen LogP contribution in [0.5, 0.6) is 11.5 Å². The molecule has 3 nitrogen and oxygen atoms in total. The van der Waals surface area contributed by atoms with Crippen molar-refractivity contribution >= 4 is 5.69 Å². The van der Waals surface area contributed by atoms with E-state index in [4.69, 9.17) is 9.47 Å². The Balaban J connectivity index is 2.23. The van der Waals surface area contributed by atoms with Gasteiger partial charge in [-0.25, -0.2) is 8.78 Å². The zero-order valence-electron chi connectivity index (χ0n) is 9.87. The van der Waals surface area contributed by atoms with Crippen molar-refractivity contribution in [3.05, 3.63) is 18.2 Å². The lowest BCUT2D eigenvalue weighted by molar-refractivity contribution is 0.0257. The van der Waals surface area contributed by atoms with Crippen LogP contribution < -0.4 is 14.4 Å². The van der Waals surface area contributed by atoms with Crippen LogP contribution in [0.25, 0.3) is 0 Å². The monoisotopic (exact) mass is 243 g/mol. The maximum absolute atomic E-state index is 13.1. The van der Waals surface area contributed by atoms with E-state index < -0.39 is 5.92 Å². The molecule has 0 bridgehead atoms. The van der Waals surface area contributed by atoms with E-state index in [1.54, 1.807) is 30.2 Å². The highest BCUT2D eigenvalue weighted by molar-refractivity contribution is 5.57. The van der Waals surface area contributed by atoms with Gasteiger partial charge >= 0.3 is 0 Å². The summed E-state index contributed by atoms with van der Waals surface area (Å²) in [5, 5.41) is 0. The van der Waals surface area contributed by atoms with Gasteiger partial charge in [-0.05, 0) is 12.1 Å². The second-order valence-electron chi connectivity index (χ2n) is 4.07. The minimum absolute atomic E-state index is 0.0959. The van der Waals surface area contributed by atoms with E-state index in [0.717, 1.165) is 5.69 Å². The Morgan fingerprint density at radius 3 is 2.41 bits per heavy atom. The van der Waals surface area contributed by atoms with Gasteiger partial charge in [0.15, 0.2) is 11.5 Å². The summed E-state index contributed by atoms with van der Waals surface area (Å²) >= 11 is 0. The molecule has 0 spiro atoms. The number of ether oxygens (including phenoxy) is 2. The lowest BCUT2D eigenvalue weighted by Gasteiger charge is -2.19. The van der Waals surface area contributed by atoms with Crippen LogP contribution in [-0.4, -0.2) is 33.2 Å². The number of alkyl halides is 2. The second-order valence-corrected chi connectivity index (χ2v) is 4.07. The van der Waals surface area contributed by atoms with Gasteiger partial charge in [0.1, 0.15) is 0 Å². The summed E-state index contributed by atoms with van der Waals surface area (Å²) < 4.78 is 36.5. The van der Waals surface area contributed by atoms with Crippen molar-refractivity contribution in [2.45, 2.75) is 12.3 Å². The SMILES string of the molecule is COc1ccc(N2CCC(F)(F)C2)cc1OC. The molecule has 1 aromatic carbocycles. The Kier molecular flexibility index (Phi) is 3.09. The zero-order valence-corrected chi connectivity index (χ0v) is 9.87. The Bertz CT molecular complexity index is 409. The van der Waals surface area contributed by atoms with Gasteiger partial charge in [-0.1, -0.05) is 0 Å². The maximum atomic E-state index is 13.1. The number of hydrogen-bond donors (Lipinski definition) is 0. The van der Waals surface area contributed by atoms with Gasteiger partial charge in [0.25, 0.3) is 5.92 Å². The van der Waals surface area contributed by atoms with E-state index in [9.17, 15) is 8.78 Å². The number of hydrogen-bond acceptors (Lipinski definition) is 3. The summed E-state index contributed by atoms with van der Waals surface area (Å²) in [7, 11) is 3.07. The van der Waals surface area contributed by atoms with Crippen LogP contribution in [0.3, 0.4) is 0 Å². The molecule has 0 N–H and O–H groups in total. The molecule has 1 fully saturated rings. The fraction of sp³-hybridized carbons (Fsp3) is 0.500. The van der Waals surface area contributed by atoms with Gasteiger partial charge in [-0.3, -0.25) is 0 Å². The van der Waals surface area contributed by atoms with Gasteiger partial charge in [-0.2, -0.15) is 0 Å². The molecular formula is C12H15F2NO2. The van der Waals surface area contributed by atoms with E-state index in [1.807, 2.05) is 0 Å². The highest BCUT2D eigenvalue weighted by Crippen LogP contribution is 2.35. The molecule has 5 heteroatoms. The predicted octanol–water partition coefficient (Wildman–Crippen LogP) is 2.55. The molecule has 0 radical (unpaired) electrons. The number of halogens is 2. The molecule has 0 aromatic heterocycles. The smallest absolute Gasteiger partial charge is 0.266 e. The summed E-state index contributed by atoms with van der Waals surface area (Å²) in [4.78, 5) is 1.65. The van der Waals surface area contributed by atoms with E-state index in [0.29, 0.717) is 18.0 Å². The molecule has 0 amide bonds. The highest BCUT2D eigenvalue weighted by Gasteiger charge is 2.38. The van der Waals surface area contributed by atoms with E-state index in [2.05, 4.69) is 0 Å². The van der Waals surface area contributed by atoms with Crippen LogP contribution in [0.15, 0.2) is 18.2 Å². The minimum Gasteiger partial charge on any atom is -0.493 e. The summed E-state index contributed by atoms with van der Waals surface area (Å²) in [5.74, 6) is -1.44. The molecule has 1 aliphatic heterocycles. The predicted molar refractivity (Wildman–Crippen MR) is 61.3 cm³/mol. The van der Waals surface area contributed by atoms with Crippen LogP contribution in [-0.2, 0) is 0 Å². The van der Waals surface area contributed by atoms with Crippen molar-refractivity contribution in [2.24, 2.45) is 0 Å². The van der Waals surface area contributed by atoms with Gasteiger partial charge < -0.3 is 14.4 Å². The molecule has 0 saturated carbocycles. The highest BCUT2D eigenvalue weighted by atomic mass is 19.3. The molecule has 0 unspecified atom stereocenters. The third kappa shape index (κ3) is 2.43. The molecule has 1 heterocycles. The lowest BCUT2D eigenvalue weighted by atomic mass is 10.2. The number of benzene rings is 1. The fourth-order valence-corrected chi connectivity index (χ4v) is 1.98. The zero-order chi connectivity index (χ0) is 12.5. The number of anilines is 1. The Labute approximate surface area is 98.9 Å². The lowest BCUT2D eigenvalue weighted by Crippen LogP contribution is -2.24. The molecular weight excluding hydrogens is 228 g/mol. The molecule has 0 atom stereocenters. The van der Waals surface area contributed by atoms with Gasteiger partial charge in [0.05, 0.1) is 20.8 Å². The molecule has 0 aliphatic carbocycles. The number of methoxy groups -OCH3 is 2. The van der Waals surface area contributed by atoms with Crippen molar-refractivity contribution in [2.75, 3.05) is 32.2 Å². The van der Waals surface area contributed by atoms with Gasteiger partial charge in [0, 0.05) is 24.7 Å². The maximum Gasteiger partial charge on any atom is 0.266 e. The quantitative estimate of drug-likeness (QED) is 0.814. The van der Waals surface area contributed by atoms with Crippen molar-refractivity contribution in [1.82, 2.24) is 0 Å². The van der Waals surface area contributed by atoms with Gasteiger partial charge in [0.2, 0.25) is 0 Å². The third-order valence-corrected chi connectivity index (χ3v) is 2.90. The van der Waals surface area contributed by atoms with Crippen LogP contribution in [0, 0.1) is 0 Å². The first-order valence-electron chi connectivity index (χ1n) is 5.40. The molecule has 1 aliphatic rings. The standard InChI is InChI=1S/C12H15F2NO2/c1-16-10-4-3-9(7-11(10)17-2)15-6-5-12(13,14)8-15/h3-4,7H,5-6,8H2,1-2H3. The fourth-order valence-electron chi connectivity index (χ4n) is 1.98. The van der Waals surface area contributed by atoms with Crippen molar-refractivity contribution < 1.29 is 18.3 Å². The van der Waals surface area contributed by atoms with Crippen LogP contribution in [0.4, 0.5) is 14.5 Å². The summed E-state index contributed by atoms with van der Waals surface area (Å²) in [6.45, 7) is 0.130. The van der Waals surface area contributed by atoms with E-state index in [1.165, 1.54) is 7.11 Å². The van der Waals surface area contributed by atoms with Crippen molar-refractivity contribution in [3.8, 4) is 11.5 Å². The van der Waals surface area contributed by atoms with Crippen LogP contribution >= 0.6 is 0 Å². The second kappa shape index (κ2) is 4.39. The summed E-state index contributed by atoms with van der Waals surface area (Å²) in [6.07, 6.45) is -0.0959. The van der Waals surface area contributed by atoms with Crippen LogP contribution in [0.1, 0.15) is 6.42 Å². The summed E-state index contributed by atoms with van der Waals surface area (Å²) in [5.41, 5.74) is 0.736. The normalized spacial score (nSPS) is 18.2. The Morgan fingerprint density at radius 2 is 1.88 bits per heavy atom. The van der Waals surface area contributed by atoms with E-state index in [-0.39, 0.29) is 13.0 Å². The molecule has 1 aromatic rings. The van der Waals surface area contributed by atoms with E-state index >= 15 is 0 Å². The molecule has 1 saturated heterocycles. The first-order valence-corrected chi connectivity index (χ1v) is 5.40. The summed E-state index contributed by atoms with van der Waals surface area (Å²) in [6, 6.07) is 5.22. The molecule has 17 heavy (non-hydrogen) atoms. The average molecular weight is 243 g/mol. The van der Waals surface area contributed by atoms with Crippen molar-refractivity contribution in [1.29, 1.82) is 0 Å². The minimum atomic E-state index is -2.59. The first-order chi connectivity index (χ1) is 8.05. The van der Waals surface area contributed by atoms with Gasteiger partial charge in [-0.15, -0.1) is 0 Å². The van der Waals surface area contributed by atoms with Crippen molar-refractivity contribution in [3.63, 3.8) is 0 Å². The largest absolute Gasteiger partial charge is 0.493 e. The Hall–Kier alpha value is -1.52. The third-order valence-electron chi connectivity index (χ3n) is 2.90. The first kappa shape index (κ1) is 12.0. The topological polar surface area (TPSA) is 21.7 Å². The Morgan fingerprint density at radius 1 is 1.18 bits per heavy atom. The molecule has 2 rings (SSSR count). The molecule has 94 valence electrons. The number of rotatable bonds is 3.